The van der Waals surface area contributed by atoms with Crippen LogP contribution in [-0.4, -0.2) is 264 Å². The number of benzene rings is 3. The summed E-state index contributed by atoms with van der Waals surface area (Å²) in [5.41, 5.74) is 12.9. The Morgan fingerprint density at radius 1 is 0.571 bits per heavy atom. The van der Waals surface area contributed by atoms with Gasteiger partial charge in [0, 0.05) is 71.8 Å². The number of nitrogen functional groups attached to an aromatic ring is 1. The van der Waals surface area contributed by atoms with Gasteiger partial charge in [0.15, 0.2) is 5.78 Å². The molecule has 722 valence electrons. The summed E-state index contributed by atoms with van der Waals surface area (Å²) in [5, 5.41) is 97.1. The van der Waals surface area contributed by atoms with E-state index in [2.05, 4.69) is 80.7 Å². The Labute approximate surface area is 760 Å². The fourth-order valence-corrected chi connectivity index (χ4v) is 13.9. The third-order valence-electron chi connectivity index (χ3n) is 21.0. The Morgan fingerprint density at radius 3 is 1.77 bits per heavy atom. The van der Waals surface area contributed by atoms with Crippen molar-refractivity contribution in [1.82, 2.24) is 89.7 Å². The van der Waals surface area contributed by atoms with E-state index in [1.807, 2.05) is 16.0 Å². The molecule has 1 aliphatic rings. The molecule has 25 N–H and O–H groups in total. The number of rotatable bonds is 42. The molecule has 2 aromatic heterocycles. The molecule has 1 fully saturated rings. The summed E-state index contributed by atoms with van der Waals surface area (Å²) in [5.74, 6) is -29.7. The molecule has 1 saturated heterocycles. The summed E-state index contributed by atoms with van der Waals surface area (Å²) in [6, 6.07) is -4.93. The Hall–Kier alpha value is -14.9. The van der Waals surface area contributed by atoms with Crippen LogP contribution in [0.3, 0.4) is 0 Å². The number of nitrogens with one attached hydrogen (secondary N) is 16. The van der Waals surface area contributed by atoms with Crippen LogP contribution in [-0.2, 0) is 104 Å². The molecule has 0 saturated carbocycles. The number of primary amides is 1. The zero-order chi connectivity index (χ0) is 98.1. The number of aromatic amines is 1. The van der Waals surface area contributed by atoms with Crippen molar-refractivity contribution >= 4 is 152 Å². The summed E-state index contributed by atoms with van der Waals surface area (Å²) in [6.45, 7) is 1.40. The smallest absolute Gasteiger partial charge is 0.329 e. The lowest BCUT2D eigenvalue weighted by Gasteiger charge is -2.30. The zero-order valence-corrected chi connectivity index (χ0v) is 73.4. The van der Waals surface area contributed by atoms with E-state index >= 15 is 9.59 Å². The Bertz CT molecular complexity index is 5050. The van der Waals surface area contributed by atoms with E-state index in [1.165, 1.54) is 48.9 Å². The number of aliphatic hydroxyl groups is 1. The van der Waals surface area contributed by atoms with Gasteiger partial charge >= 0.3 is 35.9 Å². The minimum absolute atomic E-state index is 0.0143. The number of amides is 15. The number of nitrogens with zero attached hydrogens (tertiary/aromatic N) is 2. The molecule has 13 atom stereocenters. The molecule has 5 aromatic rings. The van der Waals surface area contributed by atoms with Gasteiger partial charge in [-0.05, 0) is 81.5 Å². The lowest BCUT2D eigenvalue weighted by Crippen LogP contribution is -2.62. The number of nitro benzene ring substituents is 1. The number of nitro groups is 1. The second kappa shape index (κ2) is 53.9. The number of hydrogen-bond donors (Lipinski definition) is 23. The highest BCUT2D eigenvalue weighted by atomic mass is 16.6. The molecule has 3 heterocycles. The van der Waals surface area contributed by atoms with Crippen molar-refractivity contribution in [2.45, 2.75) is 229 Å². The first-order valence-corrected chi connectivity index (χ1v) is 42.9. The van der Waals surface area contributed by atoms with Gasteiger partial charge in [0.1, 0.15) is 72.6 Å². The Kier molecular flexibility index (Phi) is 43.4. The van der Waals surface area contributed by atoms with Crippen LogP contribution in [0.5, 0.6) is 0 Å². The van der Waals surface area contributed by atoms with Crippen LogP contribution in [0.15, 0.2) is 85.1 Å². The lowest BCUT2D eigenvalue weighted by atomic mass is 9.96. The molecule has 13 unspecified atom stereocenters. The number of hydrogen-bond acceptors (Lipinski definition) is 27. The number of aliphatic hydroxyl groups excluding tert-OH is 1. The average molecular weight is 1860 g/mol. The normalized spacial score (nSPS) is 19.9. The summed E-state index contributed by atoms with van der Waals surface area (Å²) in [7, 11) is 0. The number of aliphatic carboxylic acids is 4. The molecule has 0 spiro atoms. The molecule has 48 heteroatoms. The van der Waals surface area contributed by atoms with Crippen LogP contribution in [0.25, 0.3) is 21.8 Å². The van der Waals surface area contributed by atoms with Crippen LogP contribution in [0, 0.1) is 16.0 Å². The molecule has 133 heavy (non-hydrogen) atoms. The monoisotopic (exact) mass is 1860 g/mol. The van der Waals surface area contributed by atoms with E-state index < -0.39 is 267 Å². The predicted molar refractivity (Wildman–Crippen MR) is 469 cm³/mol. The second-order valence-corrected chi connectivity index (χ2v) is 31.7. The number of urea groups is 1. The van der Waals surface area contributed by atoms with Crippen molar-refractivity contribution in [3.63, 3.8) is 0 Å². The van der Waals surface area contributed by atoms with Gasteiger partial charge in [0.05, 0.1) is 67.9 Å². The maximum absolute atomic E-state index is 15.1. The predicted octanol–water partition coefficient (Wildman–Crippen LogP) is -2.37. The number of carbonyl (C=O) groups is 20. The highest BCUT2D eigenvalue weighted by Crippen LogP contribution is 2.24. The van der Waals surface area contributed by atoms with E-state index in [9.17, 15) is 122 Å². The first-order valence-electron chi connectivity index (χ1n) is 42.9. The fourth-order valence-electron chi connectivity index (χ4n) is 13.9. The largest absolute Gasteiger partial charge is 0.481 e. The second-order valence-electron chi connectivity index (χ2n) is 31.7. The number of para-hydroxylation sites is 2. The highest BCUT2D eigenvalue weighted by molar-refractivity contribution is 6.05. The third kappa shape index (κ3) is 36.2. The van der Waals surface area contributed by atoms with Crippen molar-refractivity contribution in [2.24, 2.45) is 11.7 Å². The van der Waals surface area contributed by atoms with Crippen LogP contribution < -0.4 is 91.2 Å². The van der Waals surface area contributed by atoms with Crippen molar-refractivity contribution in [1.29, 1.82) is 0 Å². The minimum atomic E-state index is -2.50. The molecule has 3 aromatic carbocycles. The third-order valence-corrected chi connectivity index (χ3v) is 21.0. The number of fused-ring (bicyclic) bond motifs is 2. The molecule has 0 radical (unpaired) electrons. The van der Waals surface area contributed by atoms with Gasteiger partial charge in [-0.1, -0.05) is 108 Å². The van der Waals surface area contributed by atoms with Gasteiger partial charge in [0.25, 0.3) is 5.69 Å². The topological polar surface area (TPSA) is 756 Å². The Morgan fingerprint density at radius 2 is 1.14 bits per heavy atom. The number of carbonyl (C=O) groups excluding carboxylic acids is 16. The number of ether oxygens (including phenoxy) is 1. The number of nitrogens with two attached hydrogens (primary N) is 2. The van der Waals surface area contributed by atoms with Crippen LogP contribution in [0.2, 0.25) is 0 Å². The number of H-pyrrole nitrogens is 1. The van der Waals surface area contributed by atoms with E-state index in [0.29, 0.717) is 39.5 Å². The van der Waals surface area contributed by atoms with E-state index in [4.69, 9.17) is 16.2 Å². The first-order chi connectivity index (χ1) is 63.1. The molecule has 0 bridgehead atoms. The standard InChI is InChI=1S/C85H114N20O28/c1-5-6-7-8-9-10-11-12-13-18-30-89-85(130)102-57(33-48-39-90-55-23-17-15-20-51(48)55)78(123)98-58(35-65(87)108)79(124)100-61(38-71(117)118)80(125)104-73-46(4)133-84(129)62(34-64(107)52-21-14-16-22-53(52)86)101-83(128)72(44(2)31-68(111)112)103-81(126)63(43-106)96-67(110)41-91-75(120)59(36-69(113)114)97-74(119)45(3)93-77(122)60(37-70(115)116)99-76(121)56(95-66(109)42-92-82(73)127)24-19-29-88-40-49-26-25-47-32-50(105(131)132)27-28-54(47)94-49/h14-17,20-23,25-28,32,39,44-46,56-63,72-73,88,90,106H,5-13,18-19,24,29-31,33-38,40-43,86H2,1-4H3,(H2,87,108)(H,91,120)(H,92,127)(H,93,122)(H,95,109)(H,96,110)(H,97,119)(H,98,123)(H,99,121)(H,100,124)(H,101,128)(H,103,126)(H,104,125)(H,111,112)(H,113,114)(H,115,116)(H,117,118)(H2,89,102,130). The van der Waals surface area contributed by atoms with Gasteiger partial charge < -0.3 is 126 Å². The van der Waals surface area contributed by atoms with Gasteiger partial charge in [-0.15, -0.1) is 0 Å². The van der Waals surface area contributed by atoms with Crippen molar-refractivity contribution in [3.05, 3.63) is 112 Å². The number of non-ortho nitro benzene ring substituents is 1. The summed E-state index contributed by atoms with van der Waals surface area (Å²) >= 11 is 0. The molecule has 48 nitrogen and oxygen atoms in total. The van der Waals surface area contributed by atoms with Gasteiger partial charge in [-0.3, -0.25) is 101 Å². The number of esters is 1. The van der Waals surface area contributed by atoms with Crippen LogP contribution >= 0.6 is 0 Å². The summed E-state index contributed by atoms with van der Waals surface area (Å²) < 4.78 is 5.75. The first kappa shape index (κ1) is 107. The number of carboxylic acids is 4. The number of pyridine rings is 1. The van der Waals surface area contributed by atoms with E-state index in [-0.39, 0.29) is 49.4 Å². The number of anilines is 1. The van der Waals surface area contributed by atoms with Crippen LogP contribution in [0.4, 0.5) is 16.2 Å². The van der Waals surface area contributed by atoms with Gasteiger partial charge in [0.2, 0.25) is 76.8 Å². The maximum atomic E-state index is 15.1. The molecular weight excluding hydrogens is 1750 g/mol. The number of aromatic nitrogens is 2. The molecule has 1 aliphatic heterocycles. The quantitative estimate of drug-likeness (QED) is 0.00485. The van der Waals surface area contributed by atoms with Crippen molar-refractivity contribution in [2.75, 3.05) is 38.5 Å². The Balaban J connectivity index is 1.41. The van der Waals surface area contributed by atoms with Gasteiger partial charge in [-0.25, -0.2) is 9.59 Å². The maximum Gasteiger partial charge on any atom is 0.329 e. The van der Waals surface area contributed by atoms with E-state index in [1.54, 1.807) is 42.6 Å². The summed E-state index contributed by atoms with van der Waals surface area (Å²) in [6.07, 6.45) is 1.32. The SMILES string of the molecule is CCCCCCCCCCCCNC(=O)NC(Cc1c[nH]c2ccccc12)C(=O)NC(CC(N)=O)C(=O)NC(CC(=O)O)C(=O)NC1C(=O)NCC(=O)NC(CCCNCc2ccc3cc([N+](=O)[O-])ccc3n2)C(=O)NC(CC(=O)O)C(=O)NC(C)C(=O)NC(CC(=O)O)C(=O)NCC(=O)NC(CO)C(=O)NC(C(C)CC(=O)O)C(=O)NC(CC(=O)c2ccccc2N)C(=O)OC1C. The number of unbranched alkanes of at least 4 members (excludes halogenated alkanes) is 9. The molecule has 6 rings (SSSR count). The molecular formula is C85H114N20O28. The number of ketones is 1. The number of cyclic esters (lactones) is 1. The number of Topliss-reactive ketones (excluding diaryl/α,β-unsaturated/α-hetero) is 1. The highest BCUT2D eigenvalue weighted by Gasteiger charge is 2.41. The van der Waals surface area contributed by atoms with Crippen molar-refractivity contribution in [3.8, 4) is 0 Å². The number of carboxylic acid groups (broad SMARTS) is 4. The van der Waals surface area contributed by atoms with Crippen LogP contribution in [0.1, 0.15) is 165 Å². The minimum Gasteiger partial charge on any atom is -0.481 e. The zero-order valence-electron chi connectivity index (χ0n) is 73.4. The van der Waals surface area contributed by atoms with Crippen molar-refractivity contribution < 1.29 is 131 Å². The molecule has 15 amide bonds. The average Bonchev–Trinajstić information content (AvgIpc) is 1.80. The van der Waals surface area contributed by atoms with E-state index in [0.717, 1.165) is 72.1 Å². The van der Waals surface area contributed by atoms with Gasteiger partial charge in [-0.2, -0.15) is 0 Å². The fraction of sp³-hybridized carbons (Fsp3) is 0.494. The molecule has 0 aliphatic carbocycles. The lowest BCUT2D eigenvalue weighted by molar-refractivity contribution is -0.384. The summed E-state index contributed by atoms with van der Waals surface area (Å²) in [4.78, 5) is 296.